The molecule has 0 saturated carbocycles. The first-order valence-electron chi connectivity index (χ1n) is 17.4. The number of hydrogen-bond acceptors (Lipinski definition) is 12. The highest BCUT2D eigenvalue weighted by Crippen LogP contribution is 2.44. The Morgan fingerprint density at radius 2 is 1.38 bits per heavy atom. The van der Waals surface area contributed by atoms with Gasteiger partial charge in [-0.15, -0.1) is 6.58 Å². The van der Waals surface area contributed by atoms with Gasteiger partial charge in [0.1, 0.15) is 34.5 Å². The van der Waals surface area contributed by atoms with Crippen LogP contribution in [0, 0.1) is 11.8 Å². The van der Waals surface area contributed by atoms with E-state index in [1.54, 1.807) is 75.0 Å². The summed E-state index contributed by atoms with van der Waals surface area (Å²) in [6.07, 6.45) is 0.248. The molecule has 7 atom stereocenters. The summed E-state index contributed by atoms with van der Waals surface area (Å²) >= 11 is 0. The molecular formula is C40H63NO12. The van der Waals surface area contributed by atoms with Gasteiger partial charge in [0, 0.05) is 52.1 Å². The van der Waals surface area contributed by atoms with Crippen molar-refractivity contribution in [2.45, 2.75) is 110 Å². The lowest BCUT2D eigenvalue weighted by molar-refractivity contribution is -0.145. The maximum absolute atomic E-state index is 13.7. The quantitative estimate of drug-likeness (QED) is 0.0586. The van der Waals surface area contributed by atoms with E-state index in [0.717, 1.165) is 16.5 Å². The lowest BCUT2D eigenvalue weighted by atomic mass is 9.86. The standard InChI is InChI=1S/C40H63NO12/c1-18-30(46-13)35(51-32(42)19-2)25(4)20-24(3)34(49-16)31(47-14)21-26(5)33(48-15)28-22-27(45-12)23-29(36(28)50-17)41(37(43)52-39(6,7)8)38(44)53-40(9,10)11/h18-20,22-24,26,30-31,33-35H,1-2,21H2,3-17H3/b25-20+/t24-,26-,30-,31-,33+,34+,35-/m0/s1. The number of carbonyl (C=O) groups is 3. The molecule has 53 heavy (non-hydrogen) atoms. The van der Waals surface area contributed by atoms with Crippen molar-refractivity contribution in [3.05, 3.63) is 54.7 Å². The molecule has 0 aliphatic heterocycles. The van der Waals surface area contributed by atoms with Gasteiger partial charge < -0.3 is 42.6 Å². The third kappa shape index (κ3) is 13.8. The Bertz CT molecular complexity index is 1380. The molecule has 0 bridgehead atoms. The number of nitrogens with zero attached hydrogens (tertiary/aromatic N) is 1. The van der Waals surface area contributed by atoms with Crippen molar-refractivity contribution in [2.75, 3.05) is 47.6 Å². The van der Waals surface area contributed by atoms with Gasteiger partial charge >= 0.3 is 18.2 Å². The largest absolute Gasteiger partial charge is 0.497 e. The van der Waals surface area contributed by atoms with Crippen molar-refractivity contribution in [3.8, 4) is 11.5 Å². The summed E-state index contributed by atoms with van der Waals surface area (Å²) in [6.45, 7) is 23.3. The van der Waals surface area contributed by atoms with Crippen molar-refractivity contribution >= 4 is 23.8 Å². The minimum Gasteiger partial charge on any atom is -0.497 e. The molecule has 13 nitrogen and oxygen atoms in total. The van der Waals surface area contributed by atoms with Crippen LogP contribution >= 0.6 is 0 Å². The second kappa shape index (κ2) is 21.1. The fourth-order valence-electron chi connectivity index (χ4n) is 5.98. The van der Waals surface area contributed by atoms with Gasteiger partial charge in [-0.1, -0.05) is 32.6 Å². The first-order valence-corrected chi connectivity index (χ1v) is 17.4. The molecule has 0 heterocycles. The van der Waals surface area contributed by atoms with Crippen LogP contribution in [0.4, 0.5) is 15.3 Å². The highest BCUT2D eigenvalue weighted by Gasteiger charge is 2.38. The molecule has 0 saturated heterocycles. The summed E-state index contributed by atoms with van der Waals surface area (Å²) in [4.78, 5) is 40.3. The van der Waals surface area contributed by atoms with Crippen molar-refractivity contribution in [2.24, 2.45) is 11.8 Å². The van der Waals surface area contributed by atoms with Gasteiger partial charge in [0.05, 0.1) is 32.5 Å². The van der Waals surface area contributed by atoms with E-state index >= 15 is 0 Å². The lowest BCUT2D eigenvalue weighted by Gasteiger charge is -2.34. The van der Waals surface area contributed by atoms with E-state index < -0.39 is 59.9 Å². The van der Waals surface area contributed by atoms with Gasteiger partial charge in [-0.25, -0.2) is 14.4 Å². The SMILES string of the molecule is C=CC(=O)O[C@@H](/C(C)=C/[C@H](C)[C@@H](OC)[C@H](C[C@H](C)[C@@H](OC)c1cc(OC)cc(N(C(=O)OC(C)(C)C)C(=O)OC(C)(C)C)c1OC)OC)[C@H](C=C)OC. The van der Waals surface area contributed by atoms with Crippen molar-refractivity contribution in [3.63, 3.8) is 0 Å². The van der Waals surface area contributed by atoms with Crippen LogP contribution in [0.15, 0.2) is 49.1 Å². The Balaban J connectivity index is 3.73. The van der Waals surface area contributed by atoms with Crippen LogP contribution < -0.4 is 14.4 Å². The first-order chi connectivity index (χ1) is 24.7. The third-order valence-corrected chi connectivity index (χ3v) is 8.23. The summed E-state index contributed by atoms with van der Waals surface area (Å²) < 4.78 is 52.1. The second-order valence-corrected chi connectivity index (χ2v) is 14.7. The number of anilines is 1. The van der Waals surface area contributed by atoms with Crippen LogP contribution in [0.2, 0.25) is 0 Å². The maximum Gasteiger partial charge on any atom is 0.424 e. The monoisotopic (exact) mass is 749 g/mol. The number of carbonyl (C=O) groups excluding carboxylic acids is 3. The molecule has 0 fully saturated rings. The number of methoxy groups -OCH3 is 6. The summed E-state index contributed by atoms with van der Waals surface area (Å²) in [5.41, 5.74) is -0.577. The molecule has 0 spiro atoms. The van der Waals surface area contributed by atoms with Crippen LogP contribution in [-0.4, -0.2) is 96.4 Å². The van der Waals surface area contributed by atoms with Gasteiger partial charge in [0.25, 0.3) is 0 Å². The van der Waals surface area contributed by atoms with Crippen molar-refractivity contribution in [1.29, 1.82) is 0 Å². The number of ether oxygens (including phenoxy) is 9. The van der Waals surface area contributed by atoms with Crippen LogP contribution in [0.25, 0.3) is 0 Å². The topological polar surface area (TPSA) is 138 Å². The Labute approximate surface area is 316 Å². The molecule has 0 unspecified atom stereocenters. The number of rotatable bonds is 19. The molecule has 1 rings (SSSR count). The molecule has 13 heteroatoms. The predicted octanol–water partition coefficient (Wildman–Crippen LogP) is 8.01. The number of amides is 2. The van der Waals surface area contributed by atoms with Crippen LogP contribution in [0.1, 0.15) is 80.4 Å². The molecular weight excluding hydrogens is 686 g/mol. The van der Waals surface area contributed by atoms with E-state index in [4.69, 9.17) is 42.6 Å². The summed E-state index contributed by atoms with van der Waals surface area (Å²) in [5, 5.41) is 0. The van der Waals surface area contributed by atoms with Gasteiger partial charge in [0.15, 0.2) is 6.10 Å². The lowest BCUT2D eigenvalue weighted by Crippen LogP contribution is -2.44. The van der Waals surface area contributed by atoms with E-state index in [9.17, 15) is 14.4 Å². The number of imide groups is 1. The Hall–Kier alpha value is -3.91. The molecule has 0 aliphatic carbocycles. The molecule has 2 amide bonds. The Morgan fingerprint density at radius 1 is 0.811 bits per heavy atom. The van der Waals surface area contributed by atoms with E-state index in [-0.39, 0.29) is 23.3 Å². The van der Waals surface area contributed by atoms with Crippen LogP contribution in [0.3, 0.4) is 0 Å². The smallest absolute Gasteiger partial charge is 0.424 e. The normalized spacial score (nSPS) is 16.2. The number of benzene rings is 1. The second-order valence-electron chi connectivity index (χ2n) is 14.7. The summed E-state index contributed by atoms with van der Waals surface area (Å²) in [7, 11) is 9.18. The van der Waals surface area contributed by atoms with Crippen LogP contribution in [0.5, 0.6) is 11.5 Å². The first kappa shape index (κ1) is 47.1. The van der Waals surface area contributed by atoms with E-state index in [2.05, 4.69) is 13.2 Å². The predicted molar refractivity (Wildman–Crippen MR) is 204 cm³/mol. The van der Waals surface area contributed by atoms with E-state index in [1.165, 1.54) is 27.4 Å². The Kier molecular flexibility index (Phi) is 18.8. The van der Waals surface area contributed by atoms with Crippen LogP contribution in [-0.2, 0) is 38.0 Å². The highest BCUT2D eigenvalue weighted by molar-refractivity contribution is 6.11. The molecule has 0 aliphatic rings. The summed E-state index contributed by atoms with van der Waals surface area (Å²) in [6, 6.07) is 3.24. The van der Waals surface area contributed by atoms with Crippen molar-refractivity contribution in [1.82, 2.24) is 0 Å². The molecule has 0 N–H and O–H groups in total. The molecule has 1 aromatic carbocycles. The minimum absolute atomic E-state index is 0.0486. The zero-order valence-electron chi connectivity index (χ0n) is 34.4. The minimum atomic E-state index is -0.961. The molecule has 300 valence electrons. The number of esters is 1. The molecule has 0 radical (unpaired) electrons. The van der Waals surface area contributed by atoms with Gasteiger partial charge in [-0.2, -0.15) is 4.90 Å². The van der Waals surface area contributed by atoms with E-state index in [1.807, 2.05) is 26.8 Å². The zero-order chi connectivity index (χ0) is 40.8. The van der Waals surface area contributed by atoms with E-state index in [0.29, 0.717) is 17.7 Å². The fraction of sp³-hybridized carbons (Fsp3) is 0.625. The van der Waals surface area contributed by atoms with Gasteiger partial charge in [0.2, 0.25) is 0 Å². The number of hydrogen-bond donors (Lipinski definition) is 0. The van der Waals surface area contributed by atoms with Crippen molar-refractivity contribution < 1.29 is 57.0 Å². The highest BCUT2D eigenvalue weighted by atomic mass is 16.6. The van der Waals surface area contributed by atoms with Gasteiger partial charge in [-0.05, 0) is 72.4 Å². The molecule has 0 aromatic heterocycles. The van der Waals surface area contributed by atoms with Gasteiger partial charge in [-0.3, -0.25) is 0 Å². The third-order valence-electron chi connectivity index (χ3n) is 8.23. The Morgan fingerprint density at radius 3 is 1.77 bits per heavy atom. The summed E-state index contributed by atoms with van der Waals surface area (Å²) in [5.74, 6) is -0.562. The average molecular weight is 750 g/mol. The average Bonchev–Trinajstić information content (AvgIpc) is 3.06. The maximum atomic E-state index is 13.7. The molecule has 1 aromatic rings. The zero-order valence-corrected chi connectivity index (χ0v) is 34.4. The fourth-order valence-corrected chi connectivity index (χ4v) is 5.98.